The van der Waals surface area contributed by atoms with Gasteiger partial charge < -0.3 is 11.1 Å². The lowest BCUT2D eigenvalue weighted by Gasteiger charge is -2.19. The number of hydrogen-bond donors (Lipinski definition) is 2. The van der Waals surface area contributed by atoms with Crippen LogP contribution in [0.4, 0.5) is 0 Å². The normalized spacial score (nSPS) is 16.3. The molecule has 0 aliphatic carbocycles. The van der Waals surface area contributed by atoms with Gasteiger partial charge in [0.15, 0.2) is 0 Å². The predicted octanol–water partition coefficient (Wildman–Crippen LogP) is 0.818. The van der Waals surface area contributed by atoms with E-state index in [1.54, 1.807) is 6.26 Å². The molecule has 0 saturated heterocycles. The maximum absolute atomic E-state index is 11.8. The lowest BCUT2D eigenvalue weighted by molar-refractivity contribution is -0.123. The number of carbonyl (C=O) groups is 1. The molecule has 1 amide bonds. The summed E-state index contributed by atoms with van der Waals surface area (Å²) >= 11 is 4.88. The Bertz CT molecular complexity index is 306. The highest BCUT2D eigenvalue weighted by molar-refractivity contribution is 7.84. The molecule has 6 heteroatoms. The van der Waals surface area contributed by atoms with Crippen LogP contribution < -0.4 is 11.1 Å². The Kier molecular flexibility index (Phi) is 7.54. The molecule has 3 N–H and O–H groups in total. The minimum Gasteiger partial charge on any atom is -0.393 e. The van der Waals surface area contributed by atoms with Gasteiger partial charge >= 0.3 is 0 Å². The molecule has 0 fully saturated rings. The van der Waals surface area contributed by atoms with Crippen LogP contribution in [0.2, 0.25) is 0 Å². The fourth-order valence-corrected chi connectivity index (χ4v) is 2.26. The van der Waals surface area contributed by atoms with Gasteiger partial charge in [-0.3, -0.25) is 9.00 Å². The number of hydrogen-bond acceptors (Lipinski definition) is 3. The Morgan fingerprint density at radius 2 is 1.94 bits per heavy atom. The molecule has 0 saturated carbocycles. The molecule has 3 atom stereocenters. The Labute approximate surface area is 111 Å². The van der Waals surface area contributed by atoms with Gasteiger partial charge in [-0.25, -0.2) is 0 Å². The van der Waals surface area contributed by atoms with Crippen molar-refractivity contribution < 1.29 is 9.00 Å². The molecule has 4 nitrogen and oxygen atoms in total. The number of carbonyl (C=O) groups excluding carboxylic acids is 1. The van der Waals surface area contributed by atoms with Gasteiger partial charge in [0.1, 0.15) is 0 Å². The van der Waals surface area contributed by atoms with Gasteiger partial charge in [-0.1, -0.05) is 33.0 Å². The van der Waals surface area contributed by atoms with Gasteiger partial charge in [0.05, 0.1) is 10.9 Å². The average molecular weight is 278 g/mol. The van der Waals surface area contributed by atoms with Crippen LogP contribution in [0, 0.1) is 11.8 Å². The fourth-order valence-electron chi connectivity index (χ4n) is 1.44. The summed E-state index contributed by atoms with van der Waals surface area (Å²) in [6, 6.07) is 0. The molecular formula is C11H22N2O2S2. The van der Waals surface area contributed by atoms with Gasteiger partial charge in [-0.15, -0.1) is 0 Å². The predicted molar refractivity (Wildman–Crippen MR) is 76.3 cm³/mol. The van der Waals surface area contributed by atoms with E-state index in [1.165, 1.54) is 0 Å². The van der Waals surface area contributed by atoms with Crippen LogP contribution in [0.25, 0.3) is 0 Å². The average Bonchev–Trinajstić information content (AvgIpc) is 2.15. The highest BCUT2D eigenvalue weighted by Gasteiger charge is 2.24. The summed E-state index contributed by atoms with van der Waals surface area (Å²) in [6.45, 7) is 6.22. The van der Waals surface area contributed by atoms with E-state index in [1.807, 2.05) is 20.8 Å². The monoisotopic (exact) mass is 278 g/mol. The second-order valence-corrected chi connectivity index (χ2v) is 6.79. The maximum Gasteiger partial charge on any atom is 0.230 e. The minimum absolute atomic E-state index is 0.0811. The number of nitrogens with two attached hydrogens (primary N) is 1. The van der Waals surface area contributed by atoms with Crippen LogP contribution in [-0.4, -0.2) is 33.2 Å². The molecule has 100 valence electrons. The summed E-state index contributed by atoms with van der Waals surface area (Å²) in [7, 11) is -0.855. The lowest BCUT2D eigenvalue weighted by Crippen LogP contribution is -2.41. The molecular weight excluding hydrogens is 256 g/mol. The van der Waals surface area contributed by atoms with Gasteiger partial charge in [0, 0.05) is 28.9 Å². The molecule has 17 heavy (non-hydrogen) atoms. The zero-order valence-corrected chi connectivity index (χ0v) is 12.5. The number of amides is 1. The molecule has 0 aromatic heterocycles. The SMILES string of the molecule is CC(C)C(C(=O)NCCC(C)S(C)=O)C(N)=S. The van der Waals surface area contributed by atoms with E-state index >= 15 is 0 Å². The molecule has 0 spiro atoms. The van der Waals surface area contributed by atoms with Crippen molar-refractivity contribution in [3.63, 3.8) is 0 Å². The summed E-state index contributed by atoms with van der Waals surface area (Å²) in [5.41, 5.74) is 5.54. The van der Waals surface area contributed by atoms with Gasteiger partial charge in [0.25, 0.3) is 0 Å². The van der Waals surface area contributed by atoms with E-state index in [-0.39, 0.29) is 22.1 Å². The highest BCUT2D eigenvalue weighted by atomic mass is 32.2. The Hall–Kier alpha value is -0.490. The van der Waals surface area contributed by atoms with Gasteiger partial charge in [0.2, 0.25) is 5.91 Å². The molecule has 0 aromatic carbocycles. The van der Waals surface area contributed by atoms with Crippen molar-refractivity contribution in [1.82, 2.24) is 5.32 Å². The topological polar surface area (TPSA) is 72.2 Å². The molecule has 0 heterocycles. The first-order chi connectivity index (χ1) is 7.77. The second kappa shape index (κ2) is 7.76. The number of thiocarbonyl (C=S) groups is 1. The first kappa shape index (κ1) is 16.5. The van der Waals surface area contributed by atoms with E-state index < -0.39 is 16.7 Å². The molecule has 3 unspecified atom stereocenters. The van der Waals surface area contributed by atoms with Gasteiger partial charge in [-0.05, 0) is 12.3 Å². The fraction of sp³-hybridized carbons (Fsp3) is 0.818. The van der Waals surface area contributed by atoms with Crippen molar-refractivity contribution in [2.24, 2.45) is 17.6 Å². The van der Waals surface area contributed by atoms with Crippen LogP contribution in [0.3, 0.4) is 0 Å². The largest absolute Gasteiger partial charge is 0.393 e. The first-order valence-corrected chi connectivity index (χ1v) is 7.69. The van der Waals surface area contributed by atoms with E-state index in [2.05, 4.69) is 5.32 Å². The smallest absolute Gasteiger partial charge is 0.230 e. The number of rotatable bonds is 7. The van der Waals surface area contributed by atoms with Crippen LogP contribution in [0.15, 0.2) is 0 Å². The highest BCUT2D eigenvalue weighted by Crippen LogP contribution is 2.11. The van der Waals surface area contributed by atoms with Crippen LogP contribution in [-0.2, 0) is 15.6 Å². The molecule has 0 rings (SSSR count). The number of nitrogens with one attached hydrogen (secondary N) is 1. The summed E-state index contributed by atoms with van der Waals surface area (Å²) in [5.74, 6) is -0.473. The molecule has 0 aromatic rings. The van der Waals surface area contributed by atoms with E-state index in [0.717, 1.165) is 0 Å². The first-order valence-electron chi connectivity index (χ1n) is 5.66. The Morgan fingerprint density at radius 3 is 2.29 bits per heavy atom. The quantitative estimate of drug-likeness (QED) is 0.676. The Morgan fingerprint density at radius 1 is 1.41 bits per heavy atom. The summed E-state index contributed by atoms with van der Waals surface area (Å²) in [6.07, 6.45) is 2.36. The van der Waals surface area contributed by atoms with E-state index in [0.29, 0.717) is 13.0 Å². The third-order valence-corrected chi connectivity index (χ3v) is 4.30. The van der Waals surface area contributed by atoms with Crippen LogP contribution >= 0.6 is 12.2 Å². The van der Waals surface area contributed by atoms with E-state index in [9.17, 15) is 9.00 Å². The summed E-state index contributed by atoms with van der Waals surface area (Å²) < 4.78 is 11.1. The molecule has 0 aliphatic heterocycles. The Balaban J connectivity index is 4.17. The van der Waals surface area contributed by atoms with Crippen molar-refractivity contribution in [3.8, 4) is 0 Å². The van der Waals surface area contributed by atoms with Gasteiger partial charge in [-0.2, -0.15) is 0 Å². The van der Waals surface area contributed by atoms with Crippen molar-refractivity contribution in [1.29, 1.82) is 0 Å². The third kappa shape index (κ3) is 6.12. The third-order valence-electron chi connectivity index (χ3n) is 2.67. The zero-order chi connectivity index (χ0) is 13.6. The molecule has 0 radical (unpaired) electrons. The minimum atomic E-state index is -0.855. The molecule has 0 aliphatic rings. The molecule has 0 bridgehead atoms. The van der Waals surface area contributed by atoms with E-state index in [4.69, 9.17) is 18.0 Å². The van der Waals surface area contributed by atoms with Crippen LogP contribution in [0.5, 0.6) is 0 Å². The van der Waals surface area contributed by atoms with Crippen molar-refractivity contribution >= 4 is 33.9 Å². The summed E-state index contributed by atoms with van der Waals surface area (Å²) in [4.78, 5) is 12.0. The second-order valence-electron chi connectivity index (χ2n) is 4.51. The van der Waals surface area contributed by atoms with Crippen molar-refractivity contribution in [3.05, 3.63) is 0 Å². The lowest BCUT2D eigenvalue weighted by atomic mass is 9.95. The van der Waals surface area contributed by atoms with Crippen molar-refractivity contribution in [2.45, 2.75) is 32.4 Å². The zero-order valence-electron chi connectivity index (χ0n) is 10.9. The maximum atomic E-state index is 11.8. The van der Waals surface area contributed by atoms with Crippen LogP contribution in [0.1, 0.15) is 27.2 Å². The summed E-state index contributed by atoms with van der Waals surface area (Å²) in [5, 5.41) is 2.87. The van der Waals surface area contributed by atoms with Crippen molar-refractivity contribution in [2.75, 3.05) is 12.8 Å². The standard InChI is InChI=1S/C11H22N2O2S2/c1-7(2)9(10(12)16)11(14)13-6-5-8(3)17(4)15/h7-9H,5-6H2,1-4H3,(H2,12,16)(H,13,14).